The van der Waals surface area contributed by atoms with Crippen molar-refractivity contribution in [3.05, 3.63) is 31.2 Å². The second-order valence-electron chi connectivity index (χ2n) is 2.87. The zero-order chi connectivity index (χ0) is 13.2. The van der Waals surface area contributed by atoms with Gasteiger partial charge in [0.25, 0.3) is 0 Å². The second kappa shape index (κ2) is 5.89. The first-order valence-electron chi connectivity index (χ1n) is 4.23. The highest BCUT2D eigenvalue weighted by Gasteiger charge is 2.22. The predicted molar refractivity (Wildman–Crippen MR) is 71.8 cm³/mol. The lowest BCUT2D eigenvalue weighted by molar-refractivity contribution is 0.235. The summed E-state index contributed by atoms with van der Waals surface area (Å²) in [7, 11) is 1.43. The largest absolute Gasteiger partial charge is 0.308 e. The van der Waals surface area contributed by atoms with Gasteiger partial charge in [-0.15, -0.1) is 0 Å². The molecule has 8 heteroatoms. The number of hydroxylamine groups is 1. The lowest BCUT2D eigenvalue weighted by Crippen LogP contribution is -2.22. The molecule has 0 spiro atoms. The van der Waals surface area contributed by atoms with Gasteiger partial charge < -0.3 is 5.41 Å². The van der Waals surface area contributed by atoms with Crippen molar-refractivity contribution < 1.29 is 5.21 Å². The van der Waals surface area contributed by atoms with Gasteiger partial charge in [-0.3, -0.25) is 15.7 Å². The highest BCUT2D eigenvalue weighted by atomic mass is 35.5. The monoisotopic (exact) mass is 313 g/mol. The van der Waals surface area contributed by atoms with E-state index in [0.717, 1.165) is 6.21 Å². The molecule has 0 aliphatic carbocycles. The van der Waals surface area contributed by atoms with E-state index in [1.807, 2.05) is 5.48 Å². The van der Waals surface area contributed by atoms with E-state index in [9.17, 15) is 0 Å². The average Bonchev–Trinajstić information content (AvgIpc) is 2.34. The van der Waals surface area contributed by atoms with E-state index in [1.165, 1.54) is 7.05 Å². The van der Waals surface area contributed by atoms with E-state index in [2.05, 4.69) is 4.99 Å². The Labute approximate surface area is 118 Å². The van der Waals surface area contributed by atoms with Gasteiger partial charge in [0.05, 0.1) is 20.1 Å². The van der Waals surface area contributed by atoms with E-state index >= 15 is 0 Å². The minimum Gasteiger partial charge on any atom is -0.308 e. The van der Waals surface area contributed by atoms with E-state index in [-0.39, 0.29) is 37.1 Å². The fraction of sp³-hybridized carbons (Fsp3) is 0.111. The fourth-order valence-electron chi connectivity index (χ4n) is 1.23. The fourth-order valence-corrected chi connectivity index (χ4v) is 2.24. The van der Waals surface area contributed by atoms with Crippen LogP contribution in [0.5, 0.6) is 0 Å². The summed E-state index contributed by atoms with van der Waals surface area (Å²) in [5.74, 6) is 0.0361. The molecule has 1 aromatic rings. The van der Waals surface area contributed by atoms with E-state index < -0.39 is 0 Å². The zero-order valence-corrected chi connectivity index (χ0v) is 11.5. The second-order valence-corrected chi connectivity index (χ2v) is 4.38. The summed E-state index contributed by atoms with van der Waals surface area (Å²) >= 11 is 23.7. The van der Waals surface area contributed by atoms with Crippen LogP contribution in [0.2, 0.25) is 20.1 Å². The smallest absolute Gasteiger partial charge is 0.154 e. The molecule has 3 N–H and O–H groups in total. The quantitative estimate of drug-likeness (QED) is 0.256. The van der Waals surface area contributed by atoms with Gasteiger partial charge in [-0.1, -0.05) is 46.4 Å². The molecule has 0 heterocycles. The third-order valence-corrected chi connectivity index (χ3v) is 3.83. The maximum Gasteiger partial charge on any atom is 0.154 e. The lowest BCUT2D eigenvalue weighted by Gasteiger charge is -2.14. The van der Waals surface area contributed by atoms with Gasteiger partial charge in [0.1, 0.15) is 0 Å². The molecule has 4 nitrogen and oxygen atoms in total. The van der Waals surface area contributed by atoms with Gasteiger partial charge in [0, 0.05) is 24.4 Å². The van der Waals surface area contributed by atoms with Crippen LogP contribution in [0.3, 0.4) is 0 Å². The Balaban J connectivity index is 3.75. The van der Waals surface area contributed by atoms with Crippen molar-refractivity contribution in [2.24, 2.45) is 4.99 Å². The first-order chi connectivity index (χ1) is 7.99. The van der Waals surface area contributed by atoms with E-state index in [4.69, 9.17) is 57.0 Å². The van der Waals surface area contributed by atoms with Crippen LogP contribution in [0.1, 0.15) is 11.1 Å². The minimum atomic E-state index is 0.0361. The average molecular weight is 315 g/mol. The zero-order valence-electron chi connectivity index (χ0n) is 8.48. The van der Waals surface area contributed by atoms with Crippen LogP contribution in [0.15, 0.2) is 4.99 Å². The van der Waals surface area contributed by atoms with Crippen LogP contribution in [0.25, 0.3) is 0 Å². The number of benzene rings is 1. The molecule has 0 unspecified atom stereocenters. The third-order valence-electron chi connectivity index (χ3n) is 2.01. The lowest BCUT2D eigenvalue weighted by atomic mass is 10.1. The molecule has 0 aromatic heterocycles. The van der Waals surface area contributed by atoms with Crippen LogP contribution >= 0.6 is 46.4 Å². The van der Waals surface area contributed by atoms with Crippen molar-refractivity contribution in [3.63, 3.8) is 0 Å². The highest BCUT2D eigenvalue weighted by molar-refractivity contribution is 6.53. The molecule has 0 saturated carbocycles. The minimum absolute atomic E-state index is 0.0361. The molecular formula is C9H7Cl4N3O. The number of rotatable bonds is 2. The number of amidine groups is 1. The number of hydrogen-bond donors (Lipinski definition) is 3. The molecule has 0 saturated heterocycles. The maximum absolute atomic E-state index is 8.94. The van der Waals surface area contributed by atoms with E-state index in [1.54, 1.807) is 0 Å². The predicted octanol–water partition coefficient (Wildman–Crippen LogP) is 3.65. The first-order valence-corrected chi connectivity index (χ1v) is 5.74. The third kappa shape index (κ3) is 2.51. The Morgan fingerprint density at radius 1 is 1.18 bits per heavy atom. The van der Waals surface area contributed by atoms with Crippen LogP contribution in [0, 0.1) is 5.41 Å². The summed E-state index contributed by atoms with van der Waals surface area (Å²) in [5.41, 5.74) is 2.29. The summed E-state index contributed by atoms with van der Waals surface area (Å²) < 4.78 is 0. The Bertz CT molecular complexity index is 502. The Morgan fingerprint density at radius 2 is 1.71 bits per heavy atom. The maximum atomic E-state index is 8.94. The van der Waals surface area contributed by atoms with Crippen molar-refractivity contribution in [1.82, 2.24) is 5.48 Å². The number of halogens is 4. The molecule has 92 valence electrons. The van der Waals surface area contributed by atoms with E-state index in [0.29, 0.717) is 0 Å². The molecule has 1 aromatic carbocycles. The topological polar surface area (TPSA) is 68.5 Å². The molecular weight excluding hydrogens is 308 g/mol. The van der Waals surface area contributed by atoms with Crippen LogP contribution in [0.4, 0.5) is 0 Å². The Morgan fingerprint density at radius 3 is 2.12 bits per heavy atom. The van der Waals surface area contributed by atoms with Crippen LogP contribution in [-0.2, 0) is 0 Å². The van der Waals surface area contributed by atoms with Gasteiger partial charge in [-0.05, 0) is 0 Å². The van der Waals surface area contributed by atoms with Gasteiger partial charge >= 0.3 is 0 Å². The van der Waals surface area contributed by atoms with Crippen LogP contribution in [-0.4, -0.2) is 24.3 Å². The molecule has 0 atom stereocenters. The number of aliphatic imine (C=N–C) groups is 1. The molecule has 17 heavy (non-hydrogen) atoms. The summed E-state index contributed by atoms with van der Waals surface area (Å²) in [6.45, 7) is 0. The Hall–Kier alpha value is -0.520. The number of nitrogens with zero attached hydrogens (tertiary/aromatic N) is 1. The molecule has 0 fully saturated rings. The standard InChI is InChI=1S/C9H7Cl4N3O/c1-15-9(16-17)4-3(2-14)5(10)7(12)8(13)6(4)11/h2,14,17H,1H3,(H,15,16). The first kappa shape index (κ1) is 14.5. The highest BCUT2D eigenvalue weighted by Crippen LogP contribution is 2.40. The summed E-state index contributed by atoms with van der Waals surface area (Å²) in [6.07, 6.45) is 0.953. The van der Waals surface area contributed by atoms with Crippen LogP contribution < -0.4 is 5.48 Å². The van der Waals surface area contributed by atoms with Gasteiger partial charge in [-0.2, -0.15) is 0 Å². The SMILES string of the molecule is CN=C(NO)c1c(Cl)c(Cl)c(Cl)c(Cl)c1C=N. The van der Waals surface area contributed by atoms with Gasteiger partial charge in [-0.25, -0.2) is 0 Å². The Kier molecular flexibility index (Phi) is 5.04. The summed E-state index contributed by atoms with van der Waals surface area (Å²) in [5, 5.41) is 16.5. The van der Waals surface area contributed by atoms with Crippen molar-refractivity contribution in [3.8, 4) is 0 Å². The molecule has 0 amide bonds. The van der Waals surface area contributed by atoms with Crippen molar-refractivity contribution in [2.75, 3.05) is 7.05 Å². The van der Waals surface area contributed by atoms with Crippen molar-refractivity contribution in [1.29, 1.82) is 5.41 Å². The molecule has 1 rings (SSSR count). The molecule has 0 aliphatic heterocycles. The molecule has 0 radical (unpaired) electrons. The number of hydrogen-bond acceptors (Lipinski definition) is 3. The molecule has 0 bridgehead atoms. The normalized spacial score (nSPS) is 11.5. The number of nitrogens with one attached hydrogen (secondary N) is 2. The van der Waals surface area contributed by atoms with Crippen molar-refractivity contribution >= 4 is 58.5 Å². The summed E-state index contributed by atoms with van der Waals surface area (Å²) in [4.78, 5) is 3.77. The molecule has 0 aliphatic rings. The van der Waals surface area contributed by atoms with Crippen molar-refractivity contribution in [2.45, 2.75) is 0 Å². The van der Waals surface area contributed by atoms with Gasteiger partial charge in [0.15, 0.2) is 5.84 Å². The summed E-state index contributed by atoms with van der Waals surface area (Å²) in [6, 6.07) is 0. The van der Waals surface area contributed by atoms with Gasteiger partial charge in [0.2, 0.25) is 0 Å².